The number of fused-ring (bicyclic) bond motifs is 1. The Morgan fingerprint density at radius 3 is 2.84 bits per heavy atom. The Morgan fingerprint density at radius 2 is 2.10 bits per heavy atom. The smallest absolute Gasteiger partial charge is 0.336 e. The van der Waals surface area contributed by atoms with Gasteiger partial charge < -0.3 is 19.5 Å². The number of benzene rings is 1. The molecule has 1 unspecified atom stereocenters. The van der Waals surface area contributed by atoms with Crippen LogP contribution in [-0.4, -0.2) is 69.6 Å². The summed E-state index contributed by atoms with van der Waals surface area (Å²) in [6.07, 6.45) is 2.05. The molecule has 0 saturated carbocycles. The van der Waals surface area contributed by atoms with Gasteiger partial charge in [0.2, 0.25) is 5.89 Å². The number of nitrogens with zero attached hydrogens (tertiary/aromatic N) is 5. The van der Waals surface area contributed by atoms with E-state index in [1.165, 1.54) is 16.7 Å². The standard InChI is InChI=1S/C21H27FN6O3/c1-2-27-17-4-3-15(22)11-18(17)28(21(27)29)20-24-19(31-25-20)14-5-8-26(9-6-14)13-16-12-23-7-10-30-16/h3-4,11,14,16,23H,2,5-10,12-13H2,1H3. The summed E-state index contributed by atoms with van der Waals surface area (Å²) in [6, 6.07) is 4.29. The molecule has 2 aliphatic rings. The molecule has 0 aliphatic carbocycles. The highest BCUT2D eigenvalue weighted by Crippen LogP contribution is 2.28. The van der Waals surface area contributed by atoms with E-state index in [4.69, 9.17) is 9.26 Å². The number of aryl methyl sites for hydroxylation is 1. The second-order valence-electron chi connectivity index (χ2n) is 8.20. The van der Waals surface area contributed by atoms with E-state index in [1.54, 1.807) is 10.6 Å². The second-order valence-corrected chi connectivity index (χ2v) is 8.20. The molecule has 166 valence electrons. The summed E-state index contributed by atoms with van der Waals surface area (Å²) >= 11 is 0. The van der Waals surface area contributed by atoms with E-state index in [2.05, 4.69) is 20.4 Å². The van der Waals surface area contributed by atoms with Crippen molar-refractivity contribution in [1.29, 1.82) is 0 Å². The summed E-state index contributed by atoms with van der Waals surface area (Å²) < 4.78 is 28.1. The van der Waals surface area contributed by atoms with Gasteiger partial charge in [0, 0.05) is 38.2 Å². The number of aromatic nitrogens is 4. The molecule has 9 nitrogen and oxygen atoms in total. The van der Waals surface area contributed by atoms with Crippen LogP contribution in [0.15, 0.2) is 27.5 Å². The van der Waals surface area contributed by atoms with Gasteiger partial charge in [0.05, 0.1) is 23.7 Å². The molecule has 0 spiro atoms. The summed E-state index contributed by atoms with van der Waals surface area (Å²) in [5.74, 6) is 0.426. The largest absolute Gasteiger partial charge is 0.374 e. The molecule has 0 radical (unpaired) electrons. The van der Waals surface area contributed by atoms with Crippen molar-refractivity contribution in [3.8, 4) is 5.95 Å². The van der Waals surface area contributed by atoms with Crippen LogP contribution >= 0.6 is 0 Å². The van der Waals surface area contributed by atoms with E-state index in [9.17, 15) is 9.18 Å². The summed E-state index contributed by atoms with van der Waals surface area (Å²) in [6.45, 7) is 7.72. The molecule has 1 aromatic carbocycles. The predicted octanol–water partition coefficient (Wildman–Crippen LogP) is 1.50. The highest BCUT2D eigenvalue weighted by molar-refractivity contribution is 5.77. The minimum absolute atomic E-state index is 0.148. The van der Waals surface area contributed by atoms with Gasteiger partial charge in [-0.2, -0.15) is 4.98 Å². The fourth-order valence-electron chi connectivity index (χ4n) is 4.60. The van der Waals surface area contributed by atoms with Crippen LogP contribution in [0.3, 0.4) is 0 Å². The lowest BCUT2D eigenvalue weighted by Crippen LogP contribution is -2.47. The number of imidazole rings is 1. The minimum atomic E-state index is -0.414. The molecule has 10 heteroatoms. The Bertz CT molecular complexity index is 1110. The molecular weight excluding hydrogens is 403 g/mol. The summed E-state index contributed by atoms with van der Waals surface area (Å²) in [4.78, 5) is 19.8. The molecule has 2 fully saturated rings. The van der Waals surface area contributed by atoms with Crippen molar-refractivity contribution in [3.63, 3.8) is 0 Å². The second kappa shape index (κ2) is 8.52. The molecule has 2 aliphatic heterocycles. The number of hydrogen-bond acceptors (Lipinski definition) is 7. The first-order chi connectivity index (χ1) is 15.1. The van der Waals surface area contributed by atoms with Crippen molar-refractivity contribution in [2.75, 3.05) is 39.3 Å². The van der Waals surface area contributed by atoms with E-state index >= 15 is 0 Å². The van der Waals surface area contributed by atoms with E-state index in [0.29, 0.717) is 23.5 Å². The molecule has 31 heavy (non-hydrogen) atoms. The van der Waals surface area contributed by atoms with Crippen molar-refractivity contribution in [3.05, 3.63) is 40.4 Å². The number of likely N-dealkylation sites (tertiary alicyclic amines) is 1. The average Bonchev–Trinajstić information content (AvgIpc) is 3.36. The summed E-state index contributed by atoms with van der Waals surface area (Å²) in [5.41, 5.74) is 0.787. The normalized spacial score (nSPS) is 21.2. The van der Waals surface area contributed by atoms with Crippen LogP contribution in [0.25, 0.3) is 17.0 Å². The molecule has 5 rings (SSSR count). The van der Waals surface area contributed by atoms with E-state index in [1.807, 2.05) is 6.92 Å². The molecule has 1 atom stereocenters. The highest BCUT2D eigenvalue weighted by Gasteiger charge is 2.28. The number of rotatable bonds is 5. The Labute approximate surface area is 178 Å². The monoisotopic (exact) mass is 430 g/mol. The SMILES string of the molecule is CCn1c(=O)n(-c2noc(C3CCN(CC4CNCCO4)CC3)n2)c2cc(F)ccc21. The molecule has 2 aromatic heterocycles. The van der Waals surface area contributed by atoms with Gasteiger partial charge in [0.1, 0.15) is 5.82 Å². The average molecular weight is 430 g/mol. The third kappa shape index (κ3) is 3.90. The Morgan fingerprint density at radius 1 is 1.26 bits per heavy atom. The van der Waals surface area contributed by atoms with Crippen molar-refractivity contribution in [1.82, 2.24) is 29.5 Å². The van der Waals surface area contributed by atoms with Gasteiger partial charge >= 0.3 is 5.69 Å². The summed E-state index contributed by atoms with van der Waals surface area (Å²) in [7, 11) is 0. The van der Waals surface area contributed by atoms with Crippen LogP contribution < -0.4 is 11.0 Å². The molecule has 4 heterocycles. The lowest BCUT2D eigenvalue weighted by atomic mass is 9.96. The summed E-state index contributed by atoms with van der Waals surface area (Å²) in [5, 5.41) is 7.43. The van der Waals surface area contributed by atoms with E-state index in [0.717, 1.165) is 52.2 Å². The number of ether oxygens (including phenoxy) is 1. The number of hydrogen-bond donors (Lipinski definition) is 1. The molecule has 0 amide bonds. The quantitative estimate of drug-likeness (QED) is 0.656. The van der Waals surface area contributed by atoms with Gasteiger partial charge in [0.15, 0.2) is 0 Å². The van der Waals surface area contributed by atoms with Crippen molar-refractivity contribution >= 4 is 11.0 Å². The van der Waals surface area contributed by atoms with Gasteiger partial charge in [-0.15, -0.1) is 0 Å². The van der Waals surface area contributed by atoms with E-state index in [-0.39, 0.29) is 23.7 Å². The van der Waals surface area contributed by atoms with Gasteiger partial charge in [-0.1, -0.05) is 0 Å². The minimum Gasteiger partial charge on any atom is -0.374 e. The maximum absolute atomic E-state index is 13.9. The van der Waals surface area contributed by atoms with Crippen LogP contribution in [0.2, 0.25) is 0 Å². The highest BCUT2D eigenvalue weighted by atomic mass is 19.1. The van der Waals surface area contributed by atoms with Gasteiger partial charge in [-0.3, -0.25) is 4.57 Å². The van der Waals surface area contributed by atoms with Gasteiger partial charge in [0.25, 0.3) is 5.95 Å². The third-order valence-electron chi connectivity index (χ3n) is 6.24. The number of halogens is 1. The van der Waals surface area contributed by atoms with Crippen LogP contribution in [0.5, 0.6) is 0 Å². The topological polar surface area (TPSA) is 90.4 Å². The maximum Gasteiger partial charge on any atom is 0.336 e. The molecule has 3 aromatic rings. The first-order valence-electron chi connectivity index (χ1n) is 10.9. The maximum atomic E-state index is 13.9. The van der Waals surface area contributed by atoms with Crippen molar-refractivity contribution in [2.24, 2.45) is 0 Å². The van der Waals surface area contributed by atoms with Crippen LogP contribution in [0.4, 0.5) is 4.39 Å². The molecule has 2 saturated heterocycles. The lowest BCUT2D eigenvalue weighted by molar-refractivity contribution is 0.000743. The number of piperidine rings is 1. The van der Waals surface area contributed by atoms with Gasteiger partial charge in [-0.25, -0.2) is 13.8 Å². The number of nitrogens with one attached hydrogen (secondary N) is 1. The van der Waals surface area contributed by atoms with E-state index < -0.39 is 5.82 Å². The van der Waals surface area contributed by atoms with Gasteiger partial charge in [-0.05, 0) is 50.1 Å². The van der Waals surface area contributed by atoms with Crippen LogP contribution in [0, 0.1) is 5.82 Å². The molecular formula is C21H27FN6O3. The fraction of sp³-hybridized carbons (Fsp3) is 0.571. The Hall–Kier alpha value is -2.56. The lowest BCUT2D eigenvalue weighted by Gasteiger charge is -2.34. The third-order valence-corrected chi connectivity index (χ3v) is 6.24. The Balaban J connectivity index is 1.33. The van der Waals surface area contributed by atoms with Crippen LogP contribution in [0.1, 0.15) is 31.6 Å². The zero-order valence-corrected chi connectivity index (χ0v) is 17.6. The zero-order valence-electron chi connectivity index (χ0n) is 17.6. The van der Waals surface area contributed by atoms with Crippen LogP contribution in [-0.2, 0) is 11.3 Å². The first kappa shape index (κ1) is 20.3. The predicted molar refractivity (Wildman–Crippen MR) is 112 cm³/mol. The fourth-order valence-corrected chi connectivity index (χ4v) is 4.60. The van der Waals surface area contributed by atoms with Crippen molar-refractivity contribution < 1.29 is 13.7 Å². The zero-order chi connectivity index (χ0) is 21.4. The molecule has 1 N–H and O–H groups in total. The first-order valence-corrected chi connectivity index (χ1v) is 10.9. The Kier molecular flexibility index (Phi) is 5.59. The van der Waals surface area contributed by atoms with Crippen molar-refractivity contribution in [2.45, 2.75) is 38.3 Å². The number of morpholine rings is 1. The molecule has 0 bridgehead atoms.